The van der Waals surface area contributed by atoms with Crippen molar-refractivity contribution < 1.29 is 9.21 Å². The van der Waals surface area contributed by atoms with Crippen LogP contribution >= 0.6 is 0 Å². The summed E-state index contributed by atoms with van der Waals surface area (Å²) >= 11 is 0. The van der Waals surface area contributed by atoms with Gasteiger partial charge in [-0.25, -0.2) is 0 Å². The summed E-state index contributed by atoms with van der Waals surface area (Å²) in [7, 11) is 0. The van der Waals surface area contributed by atoms with Crippen molar-refractivity contribution in [3.05, 3.63) is 36.1 Å². The average Bonchev–Trinajstić information content (AvgIpc) is 3.18. The summed E-state index contributed by atoms with van der Waals surface area (Å²) in [6.07, 6.45) is 6.60. The topological polar surface area (TPSA) is 45.5 Å². The van der Waals surface area contributed by atoms with Gasteiger partial charge in [0.2, 0.25) is 0 Å². The molecular weight excluding hydrogens is 276 g/mol. The molecule has 1 aromatic carbocycles. The lowest BCUT2D eigenvalue weighted by Gasteiger charge is -2.52. The van der Waals surface area contributed by atoms with Gasteiger partial charge in [0.15, 0.2) is 0 Å². The number of carbonyl (C=O) groups excluding carboxylic acids is 1. The van der Waals surface area contributed by atoms with Gasteiger partial charge in [-0.05, 0) is 62.9 Å². The lowest BCUT2D eigenvalue weighted by atomic mass is 9.77. The lowest BCUT2D eigenvalue weighted by Crippen LogP contribution is -2.65. The predicted molar refractivity (Wildman–Crippen MR) is 83.7 cm³/mol. The molecule has 1 N–H and O–H groups in total. The number of nitrogens with one attached hydrogen (secondary N) is 1. The molecule has 0 radical (unpaired) electrons. The molecule has 1 saturated carbocycles. The molecule has 4 heteroatoms. The van der Waals surface area contributed by atoms with Crippen LogP contribution in [0.1, 0.15) is 36.0 Å². The molecule has 3 aliphatic heterocycles. The Kier molecular flexibility index (Phi) is 2.51. The second-order valence-corrected chi connectivity index (χ2v) is 7.05. The first-order valence-corrected chi connectivity index (χ1v) is 8.29. The molecule has 4 aliphatic rings. The summed E-state index contributed by atoms with van der Waals surface area (Å²) in [5, 5.41) is 4.39. The van der Waals surface area contributed by atoms with E-state index in [-0.39, 0.29) is 11.4 Å². The Labute approximate surface area is 129 Å². The van der Waals surface area contributed by atoms with Crippen LogP contribution in [0.2, 0.25) is 0 Å². The molecular formula is C18H20N2O2. The van der Waals surface area contributed by atoms with Crippen LogP contribution in [0, 0.1) is 5.92 Å². The highest BCUT2D eigenvalue weighted by molar-refractivity contribution is 5.97. The van der Waals surface area contributed by atoms with Gasteiger partial charge in [-0.2, -0.15) is 0 Å². The van der Waals surface area contributed by atoms with Crippen LogP contribution in [-0.4, -0.2) is 35.5 Å². The van der Waals surface area contributed by atoms with Crippen molar-refractivity contribution in [2.24, 2.45) is 5.92 Å². The summed E-state index contributed by atoms with van der Waals surface area (Å²) in [4.78, 5) is 15.3. The fraction of sp³-hybridized carbons (Fsp3) is 0.500. The number of nitrogens with zero attached hydrogens (tertiary/aromatic N) is 1. The van der Waals surface area contributed by atoms with E-state index in [9.17, 15) is 4.79 Å². The Bertz CT molecular complexity index is 738. The molecule has 1 amide bonds. The fourth-order valence-electron chi connectivity index (χ4n) is 4.64. The number of amides is 1. The average molecular weight is 296 g/mol. The van der Waals surface area contributed by atoms with Gasteiger partial charge in [0.1, 0.15) is 5.58 Å². The molecule has 6 rings (SSSR count). The first-order valence-electron chi connectivity index (χ1n) is 8.29. The summed E-state index contributed by atoms with van der Waals surface area (Å²) < 4.78 is 5.41. The molecule has 1 aromatic heterocycles. The quantitative estimate of drug-likeness (QED) is 0.927. The van der Waals surface area contributed by atoms with Gasteiger partial charge in [0, 0.05) is 16.5 Å². The van der Waals surface area contributed by atoms with E-state index in [1.165, 1.54) is 38.8 Å². The minimum Gasteiger partial charge on any atom is -0.464 e. The van der Waals surface area contributed by atoms with Gasteiger partial charge in [-0.15, -0.1) is 0 Å². The second-order valence-electron chi connectivity index (χ2n) is 7.05. The highest BCUT2D eigenvalue weighted by Crippen LogP contribution is 2.53. The van der Waals surface area contributed by atoms with E-state index in [0.717, 1.165) is 11.0 Å². The maximum atomic E-state index is 12.7. The summed E-state index contributed by atoms with van der Waals surface area (Å²) in [5.41, 5.74) is 1.77. The molecule has 22 heavy (non-hydrogen) atoms. The summed E-state index contributed by atoms with van der Waals surface area (Å²) in [6.45, 7) is 2.44. The number of fused-ring (bicyclic) bond motifs is 3. The van der Waals surface area contributed by atoms with Gasteiger partial charge in [0.05, 0.1) is 12.3 Å². The van der Waals surface area contributed by atoms with E-state index >= 15 is 0 Å². The minimum absolute atomic E-state index is 0.0447. The molecule has 1 aliphatic carbocycles. The van der Waals surface area contributed by atoms with Crippen molar-refractivity contribution in [3.8, 4) is 0 Å². The van der Waals surface area contributed by atoms with E-state index in [0.29, 0.717) is 17.5 Å². The Morgan fingerprint density at radius 3 is 2.82 bits per heavy atom. The first kappa shape index (κ1) is 12.7. The van der Waals surface area contributed by atoms with Crippen LogP contribution in [0.3, 0.4) is 0 Å². The van der Waals surface area contributed by atoms with E-state index in [1.807, 2.05) is 24.3 Å². The summed E-state index contributed by atoms with van der Waals surface area (Å²) in [6, 6.07) is 7.95. The van der Waals surface area contributed by atoms with Crippen molar-refractivity contribution in [2.45, 2.75) is 37.3 Å². The minimum atomic E-state index is 0.0447. The van der Waals surface area contributed by atoms with Gasteiger partial charge in [-0.3, -0.25) is 9.69 Å². The Hall–Kier alpha value is -1.81. The van der Waals surface area contributed by atoms with Gasteiger partial charge >= 0.3 is 0 Å². The molecule has 4 fully saturated rings. The molecule has 4 heterocycles. The normalized spacial score (nSPS) is 31.5. The highest BCUT2D eigenvalue weighted by atomic mass is 16.3. The van der Waals surface area contributed by atoms with Crippen LogP contribution < -0.4 is 5.32 Å². The number of hydrogen-bond donors (Lipinski definition) is 1. The third kappa shape index (κ3) is 1.70. The van der Waals surface area contributed by atoms with E-state index in [4.69, 9.17) is 4.42 Å². The zero-order valence-electron chi connectivity index (χ0n) is 12.5. The molecule has 0 unspecified atom stereocenters. The van der Waals surface area contributed by atoms with Crippen molar-refractivity contribution in [1.82, 2.24) is 10.2 Å². The number of benzene rings is 1. The lowest BCUT2D eigenvalue weighted by molar-refractivity contribution is -0.00144. The third-order valence-corrected chi connectivity index (χ3v) is 5.99. The van der Waals surface area contributed by atoms with Gasteiger partial charge in [-0.1, -0.05) is 6.07 Å². The van der Waals surface area contributed by atoms with E-state index < -0.39 is 0 Å². The highest BCUT2D eigenvalue weighted by Gasteiger charge is 2.60. The smallest absolute Gasteiger partial charge is 0.251 e. The zero-order valence-corrected chi connectivity index (χ0v) is 12.5. The van der Waals surface area contributed by atoms with Crippen molar-refractivity contribution >= 4 is 16.9 Å². The van der Waals surface area contributed by atoms with Crippen LogP contribution in [-0.2, 0) is 0 Å². The Morgan fingerprint density at radius 1 is 1.23 bits per heavy atom. The monoisotopic (exact) mass is 296 g/mol. The van der Waals surface area contributed by atoms with Crippen molar-refractivity contribution in [3.63, 3.8) is 0 Å². The molecule has 3 saturated heterocycles. The van der Waals surface area contributed by atoms with Crippen LogP contribution in [0.4, 0.5) is 0 Å². The van der Waals surface area contributed by atoms with E-state index in [1.54, 1.807) is 6.26 Å². The standard InChI is InChI=1S/C18H20N2O2/c21-17(14-2-1-12-5-10-22-15(12)11-14)19-16-13-3-8-20(9-4-13)18(16)6-7-18/h1-2,5,10-11,13,16H,3-4,6-9H2,(H,19,21)/t16-/m0/s1. The number of furan rings is 1. The van der Waals surface area contributed by atoms with Gasteiger partial charge in [0.25, 0.3) is 5.91 Å². The maximum absolute atomic E-state index is 12.7. The second kappa shape index (κ2) is 4.35. The Morgan fingerprint density at radius 2 is 2.05 bits per heavy atom. The molecule has 2 aromatic rings. The van der Waals surface area contributed by atoms with Gasteiger partial charge < -0.3 is 9.73 Å². The Balaban J connectivity index is 1.42. The molecule has 1 atom stereocenters. The largest absolute Gasteiger partial charge is 0.464 e. The molecule has 4 nitrogen and oxygen atoms in total. The van der Waals surface area contributed by atoms with Crippen LogP contribution in [0.25, 0.3) is 11.0 Å². The zero-order chi connectivity index (χ0) is 14.7. The molecule has 114 valence electrons. The third-order valence-electron chi connectivity index (χ3n) is 5.99. The number of carbonyl (C=O) groups is 1. The first-order chi connectivity index (χ1) is 10.8. The SMILES string of the molecule is O=C(N[C@H]1C2CCN(CC2)C12CC2)c1ccc2ccoc2c1. The number of piperidine rings is 3. The fourth-order valence-corrected chi connectivity index (χ4v) is 4.64. The number of rotatable bonds is 2. The maximum Gasteiger partial charge on any atom is 0.251 e. The van der Waals surface area contributed by atoms with E-state index in [2.05, 4.69) is 10.2 Å². The molecule has 2 bridgehead atoms. The number of hydrogen-bond acceptors (Lipinski definition) is 3. The van der Waals surface area contributed by atoms with Crippen molar-refractivity contribution in [1.29, 1.82) is 0 Å². The van der Waals surface area contributed by atoms with Crippen molar-refractivity contribution in [2.75, 3.05) is 13.1 Å². The molecule has 1 spiro atoms. The van der Waals surface area contributed by atoms with Crippen LogP contribution in [0.5, 0.6) is 0 Å². The summed E-state index contributed by atoms with van der Waals surface area (Å²) in [5.74, 6) is 0.701. The van der Waals surface area contributed by atoms with Crippen LogP contribution in [0.15, 0.2) is 34.9 Å². The predicted octanol–water partition coefficient (Wildman–Crippen LogP) is 2.79.